The normalized spacial score (nSPS) is 16.8. The third-order valence-corrected chi connectivity index (χ3v) is 2.65. The minimum Gasteiger partial charge on any atom is -0.480 e. The van der Waals surface area contributed by atoms with Crippen molar-refractivity contribution in [2.45, 2.75) is 12.5 Å². The van der Waals surface area contributed by atoms with Crippen LogP contribution in [0.25, 0.3) is 0 Å². The first-order chi connectivity index (χ1) is 8.09. The van der Waals surface area contributed by atoms with E-state index in [1.54, 1.807) is 29.3 Å². The van der Waals surface area contributed by atoms with Crippen LogP contribution in [0.2, 0.25) is 0 Å². The van der Waals surface area contributed by atoms with Crippen molar-refractivity contribution >= 4 is 17.6 Å². The Balaban J connectivity index is 2.33. The number of nitrogens with one attached hydrogen (secondary N) is 1. The quantitative estimate of drug-likeness (QED) is 0.686. The molecule has 1 saturated heterocycles. The summed E-state index contributed by atoms with van der Waals surface area (Å²) in [5.74, 6) is -1.17. The number of carboxylic acid groups (broad SMARTS) is 1. The van der Waals surface area contributed by atoms with E-state index in [1.165, 1.54) is 0 Å². The van der Waals surface area contributed by atoms with Crippen LogP contribution in [0.4, 0.5) is 5.69 Å². The van der Waals surface area contributed by atoms with Crippen molar-refractivity contribution in [2.24, 2.45) is 5.73 Å². The van der Waals surface area contributed by atoms with Crippen LogP contribution in [0, 0.1) is 0 Å². The van der Waals surface area contributed by atoms with Gasteiger partial charge in [0, 0.05) is 18.5 Å². The number of nitrogens with zero attached hydrogens (tertiary/aromatic N) is 1. The standard InChI is InChI=1S/C11H13N3O3/c12-10(11(16)17)7-3-1-2-4-8(7)14-6-5-9(15)13-14/h1-4,10H,5-6,12H2,(H,13,15)(H,16,17). The zero-order valence-electron chi connectivity index (χ0n) is 9.09. The molecule has 6 heteroatoms. The van der Waals surface area contributed by atoms with Crippen molar-refractivity contribution in [1.82, 2.24) is 5.43 Å². The number of carbonyl (C=O) groups is 2. The second kappa shape index (κ2) is 4.42. The van der Waals surface area contributed by atoms with Gasteiger partial charge in [0.1, 0.15) is 6.04 Å². The molecule has 90 valence electrons. The largest absolute Gasteiger partial charge is 0.480 e. The highest BCUT2D eigenvalue weighted by atomic mass is 16.4. The smallest absolute Gasteiger partial charge is 0.325 e. The molecular formula is C11H13N3O3. The predicted octanol–water partition coefficient (Wildman–Crippen LogP) is 0.0123. The van der Waals surface area contributed by atoms with E-state index in [1.807, 2.05) is 0 Å². The molecule has 4 N–H and O–H groups in total. The van der Waals surface area contributed by atoms with Gasteiger partial charge in [-0.1, -0.05) is 18.2 Å². The number of aliphatic carboxylic acids is 1. The van der Waals surface area contributed by atoms with Crippen LogP contribution in [-0.2, 0) is 9.59 Å². The van der Waals surface area contributed by atoms with Crippen LogP contribution < -0.4 is 16.2 Å². The van der Waals surface area contributed by atoms with Crippen LogP contribution in [0.5, 0.6) is 0 Å². The average molecular weight is 235 g/mol. The lowest BCUT2D eigenvalue weighted by atomic mass is 10.1. The van der Waals surface area contributed by atoms with Crippen LogP contribution >= 0.6 is 0 Å². The van der Waals surface area contributed by atoms with E-state index in [0.29, 0.717) is 24.2 Å². The first-order valence-corrected chi connectivity index (χ1v) is 5.24. The minimum atomic E-state index is -1.09. The molecule has 0 bridgehead atoms. The Hall–Kier alpha value is -2.08. The molecule has 1 aliphatic heterocycles. The van der Waals surface area contributed by atoms with Crippen molar-refractivity contribution < 1.29 is 14.7 Å². The zero-order valence-corrected chi connectivity index (χ0v) is 9.09. The lowest BCUT2D eigenvalue weighted by Crippen LogP contribution is -2.35. The van der Waals surface area contributed by atoms with E-state index in [0.717, 1.165) is 0 Å². The van der Waals surface area contributed by atoms with E-state index >= 15 is 0 Å². The maximum absolute atomic E-state index is 11.1. The number of hydrogen-bond acceptors (Lipinski definition) is 4. The summed E-state index contributed by atoms with van der Waals surface area (Å²) in [6, 6.07) is 5.79. The molecule has 1 aromatic rings. The molecule has 0 saturated carbocycles. The van der Waals surface area contributed by atoms with Gasteiger partial charge in [0.05, 0.1) is 5.69 Å². The van der Waals surface area contributed by atoms with E-state index in [9.17, 15) is 9.59 Å². The lowest BCUT2D eigenvalue weighted by molar-refractivity contribution is -0.138. The molecule has 0 aromatic heterocycles. The molecule has 17 heavy (non-hydrogen) atoms. The van der Waals surface area contributed by atoms with E-state index in [4.69, 9.17) is 10.8 Å². The number of amides is 1. The van der Waals surface area contributed by atoms with Crippen molar-refractivity contribution in [3.63, 3.8) is 0 Å². The maximum atomic E-state index is 11.1. The van der Waals surface area contributed by atoms with E-state index < -0.39 is 12.0 Å². The highest BCUT2D eigenvalue weighted by Crippen LogP contribution is 2.25. The predicted molar refractivity (Wildman–Crippen MR) is 61.1 cm³/mol. The number of benzene rings is 1. The van der Waals surface area contributed by atoms with Gasteiger partial charge in [0.2, 0.25) is 5.91 Å². The molecule has 0 spiro atoms. The number of anilines is 1. The van der Waals surface area contributed by atoms with Crippen molar-refractivity contribution in [1.29, 1.82) is 0 Å². The summed E-state index contributed by atoms with van der Waals surface area (Å²) in [6.07, 6.45) is 0.399. The van der Waals surface area contributed by atoms with Crippen LogP contribution in [0.15, 0.2) is 24.3 Å². The second-order valence-corrected chi connectivity index (χ2v) is 3.81. The van der Waals surface area contributed by atoms with Gasteiger partial charge in [0.15, 0.2) is 0 Å². The molecule has 1 aromatic carbocycles. The fourth-order valence-electron chi connectivity index (χ4n) is 1.79. The number of hydrogen-bond donors (Lipinski definition) is 3. The van der Waals surface area contributed by atoms with Gasteiger partial charge in [-0.15, -0.1) is 0 Å². The topological polar surface area (TPSA) is 95.7 Å². The van der Waals surface area contributed by atoms with Gasteiger partial charge in [-0.2, -0.15) is 0 Å². The van der Waals surface area contributed by atoms with Gasteiger partial charge < -0.3 is 10.8 Å². The number of carboxylic acids is 1. The van der Waals surface area contributed by atoms with Crippen LogP contribution in [0.1, 0.15) is 18.0 Å². The summed E-state index contributed by atoms with van der Waals surface area (Å²) in [5, 5.41) is 10.5. The van der Waals surface area contributed by atoms with Crippen molar-refractivity contribution in [2.75, 3.05) is 11.6 Å². The van der Waals surface area contributed by atoms with Crippen LogP contribution in [0.3, 0.4) is 0 Å². The number of nitrogens with two attached hydrogens (primary N) is 1. The summed E-state index contributed by atoms with van der Waals surface area (Å²) in [4.78, 5) is 22.0. The van der Waals surface area contributed by atoms with Gasteiger partial charge in [-0.05, 0) is 6.07 Å². The Kier molecular flexibility index (Phi) is 2.97. The van der Waals surface area contributed by atoms with E-state index in [-0.39, 0.29) is 5.91 Å². The maximum Gasteiger partial charge on any atom is 0.325 e. The number of carbonyl (C=O) groups excluding carboxylic acids is 1. The molecule has 1 aliphatic rings. The summed E-state index contributed by atoms with van der Waals surface area (Å²) in [5.41, 5.74) is 9.37. The fourth-order valence-corrected chi connectivity index (χ4v) is 1.79. The summed E-state index contributed by atoms with van der Waals surface area (Å²) in [6.45, 7) is 0.516. The monoisotopic (exact) mass is 235 g/mol. The Bertz CT molecular complexity index is 461. The molecular weight excluding hydrogens is 222 g/mol. The van der Waals surface area contributed by atoms with Crippen LogP contribution in [-0.4, -0.2) is 23.5 Å². The number of rotatable bonds is 3. The SMILES string of the molecule is NC(C(=O)O)c1ccccc1N1CCC(=O)N1. The minimum absolute atomic E-state index is 0.0799. The molecule has 0 aliphatic carbocycles. The molecule has 1 amide bonds. The number of hydrazine groups is 1. The van der Waals surface area contributed by atoms with Gasteiger partial charge in [0.25, 0.3) is 0 Å². The first kappa shape index (κ1) is 11.4. The third-order valence-electron chi connectivity index (χ3n) is 2.65. The molecule has 2 rings (SSSR count). The lowest BCUT2D eigenvalue weighted by Gasteiger charge is -2.22. The number of para-hydroxylation sites is 1. The second-order valence-electron chi connectivity index (χ2n) is 3.81. The van der Waals surface area contributed by atoms with E-state index in [2.05, 4.69) is 5.43 Å². The highest BCUT2D eigenvalue weighted by Gasteiger charge is 2.24. The zero-order chi connectivity index (χ0) is 12.4. The molecule has 0 radical (unpaired) electrons. The van der Waals surface area contributed by atoms with Gasteiger partial charge in [-0.25, -0.2) is 0 Å². The summed E-state index contributed by atoms with van der Waals surface area (Å²) in [7, 11) is 0. The van der Waals surface area contributed by atoms with Crippen molar-refractivity contribution in [3.8, 4) is 0 Å². The fraction of sp³-hybridized carbons (Fsp3) is 0.273. The molecule has 6 nitrogen and oxygen atoms in total. The summed E-state index contributed by atoms with van der Waals surface area (Å²) < 4.78 is 0. The Morgan fingerprint density at radius 2 is 2.18 bits per heavy atom. The van der Waals surface area contributed by atoms with Crippen molar-refractivity contribution in [3.05, 3.63) is 29.8 Å². The highest BCUT2D eigenvalue weighted by molar-refractivity contribution is 5.83. The molecule has 1 heterocycles. The Morgan fingerprint density at radius 3 is 2.76 bits per heavy atom. The third kappa shape index (κ3) is 2.21. The molecule has 1 unspecified atom stereocenters. The Labute approximate surface area is 98.0 Å². The Morgan fingerprint density at radius 1 is 1.47 bits per heavy atom. The molecule has 1 atom stereocenters. The van der Waals surface area contributed by atoms with Gasteiger partial charge >= 0.3 is 5.97 Å². The first-order valence-electron chi connectivity index (χ1n) is 5.24. The summed E-state index contributed by atoms with van der Waals surface area (Å²) >= 11 is 0. The molecule has 1 fully saturated rings. The average Bonchev–Trinajstić information content (AvgIpc) is 2.74. The van der Waals surface area contributed by atoms with Gasteiger partial charge in [-0.3, -0.25) is 20.0 Å².